The smallest absolute Gasteiger partial charge is 0.327 e. The van der Waals surface area contributed by atoms with E-state index in [0.29, 0.717) is 31.5 Å². The molecule has 2 aromatic rings. The number of nitrogens with zero attached hydrogens (tertiary/aromatic N) is 2. The zero-order chi connectivity index (χ0) is 24.3. The number of ketones is 1. The van der Waals surface area contributed by atoms with Crippen LogP contribution in [0.4, 0.5) is 5.69 Å². The van der Waals surface area contributed by atoms with Crippen molar-refractivity contribution >= 4 is 17.4 Å². The average molecular weight is 456 g/mol. The summed E-state index contributed by atoms with van der Waals surface area (Å²) in [6.45, 7) is 4.53. The fourth-order valence-corrected chi connectivity index (χ4v) is 4.31. The quantitative estimate of drug-likeness (QED) is 0.352. The van der Waals surface area contributed by atoms with Gasteiger partial charge in [0, 0.05) is 30.6 Å². The number of likely N-dealkylation sites (tertiary alicyclic amines) is 1. The Morgan fingerprint density at radius 1 is 0.970 bits per heavy atom. The number of rotatable bonds is 7. The lowest BCUT2D eigenvalue weighted by atomic mass is 9.86. The summed E-state index contributed by atoms with van der Waals surface area (Å²) in [5.74, 6) is -0.628. The van der Waals surface area contributed by atoms with E-state index in [1.807, 2.05) is 32.0 Å². The number of hydrogen-bond acceptors (Lipinski definition) is 7. The Labute approximate surface area is 192 Å². The van der Waals surface area contributed by atoms with Gasteiger partial charge in [-0.1, -0.05) is 23.8 Å². The molecular formula is C24H28N2O7. The van der Waals surface area contributed by atoms with Gasteiger partial charge in [0.25, 0.3) is 5.91 Å². The molecule has 9 nitrogen and oxygen atoms in total. The molecule has 33 heavy (non-hydrogen) atoms. The van der Waals surface area contributed by atoms with E-state index in [-0.39, 0.29) is 34.5 Å². The Kier molecular flexibility index (Phi) is 7.20. The third kappa shape index (κ3) is 4.62. The highest BCUT2D eigenvalue weighted by atomic mass is 16.6. The zero-order valence-electron chi connectivity index (χ0n) is 19.5. The van der Waals surface area contributed by atoms with Crippen LogP contribution < -0.4 is 14.2 Å². The molecule has 1 heterocycles. The van der Waals surface area contributed by atoms with Crippen LogP contribution >= 0.6 is 0 Å². The van der Waals surface area contributed by atoms with Gasteiger partial charge < -0.3 is 19.1 Å². The van der Waals surface area contributed by atoms with Crippen molar-refractivity contribution in [3.8, 4) is 17.2 Å². The van der Waals surface area contributed by atoms with E-state index in [9.17, 15) is 19.7 Å². The number of methoxy groups -OCH3 is 3. The van der Waals surface area contributed by atoms with Crippen LogP contribution in [0.1, 0.15) is 44.7 Å². The van der Waals surface area contributed by atoms with Crippen LogP contribution in [-0.4, -0.2) is 55.9 Å². The predicted molar refractivity (Wildman–Crippen MR) is 122 cm³/mol. The fourth-order valence-electron chi connectivity index (χ4n) is 4.31. The SMILES string of the molecule is COc1cc(C(=O)N2CCC(C(=O)c3ccc(C)cc3C)CC2)c([N+](=O)[O-])c(OC)c1OC. The maximum Gasteiger partial charge on any atom is 0.327 e. The van der Waals surface area contributed by atoms with Crippen LogP contribution in [0.2, 0.25) is 0 Å². The van der Waals surface area contributed by atoms with E-state index >= 15 is 0 Å². The predicted octanol–water partition coefficient (Wildman–Crippen LogP) is 3.97. The Morgan fingerprint density at radius 3 is 2.12 bits per heavy atom. The molecule has 176 valence electrons. The average Bonchev–Trinajstić information content (AvgIpc) is 2.81. The van der Waals surface area contributed by atoms with E-state index in [1.165, 1.54) is 32.3 Å². The van der Waals surface area contributed by atoms with E-state index in [1.54, 1.807) is 0 Å². The summed E-state index contributed by atoms with van der Waals surface area (Å²) < 4.78 is 15.7. The molecule has 2 aromatic carbocycles. The van der Waals surface area contributed by atoms with E-state index in [2.05, 4.69) is 0 Å². The van der Waals surface area contributed by atoms with Gasteiger partial charge in [-0.05, 0) is 32.3 Å². The van der Waals surface area contributed by atoms with Gasteiger partial charge in [0.05, 0.1) is 26.3 Å². The molecule has 1 amide bonds. The van der Waals surface area contributed by atoms with Crippen LogP contribution in [0.3, 0.4) is 0 Å². The molecule has 0 atom stereocenters. The summed E-state index contributed by atoms with van der Waals surface area (Å²) in [6, 6.07) is 7.05. The van der Waals surface area contributed by atoms with Crippen LogP contribution in [0.25, 0.3) is 0 Å². The topological polar surface area (TPSA) is 108 Å². The highest BCUT2D eigenvalue weighted by Crippen LogP contribution is 2.46. The number of aryl methyl sites for hydroxylation is 2. The van der Waals surface area contributed by atoms with Gasteiger partial charge in [-0.15, -0.1) is 0 Å². The lowest BCUT2D eigenvalue weighted by Gasteiger charge is -2.31. The number of hydrogen-bond donors (Lipinski definition) is 0. The van der Waals surface area contributed by atoms with Crippen molar-refractivity contribution in [1.82, 2.24) is 4.90 Å². The van der Waals surface area contributed by atoms with Crippen LogP contribution in [0.5, 0.6) is 17.2 Å². The molecule has 1 saturated heterocycles. The molecule has 1 aliphatic heterocycles. The molecule has 1 aliphatic rings. The van der Waals surface area contributed by atoms with Gasteiger partial charge in [-0.3, -0.25) is 19.7 Å². The second-order valence-corrected chi connectivity index (χ2v) is 8.05. The van der Waals surface area contributed by atoms with Gasteiger partial charge in [0.15, 0.2) is 11.5 Å². The number of piperidine rings is 1. The molecule has 0 radical (unpaired) electrons. The Bertz CT molecular complexity index is 1090. The molecule has 0 saturated carbocycles. The number of Topliss-reactive ketones (excluding diaryl/α,β-unsaturated/α-hetero) is 1. The van der Waals surface area contributed by atoms with Crippen molar-refractivity contribution in [3.05, 3.63) is 56.6 Å². The molecule has 0 aromatic heterocycles. The van der Waals surface area contributed by atoms with Gasteiger partial charge >= 0.3 is 5.69 Å². The monoisotopic (exact) mass is 456 g/mol. The van der Waals surface area contributed by atoms with Crippen LogP contribution in [0.15, 0.2) is 24.3 Å². The first-order chi connectivity index (χ1) is 15.7. The number of amides is 1. The minimum absolute atomic E-state index is 0.0426. The number of carbonyl (C=O) groups is 2. The third-order valence-corrected chi connectivity index (χ3v) is 6.02. The minimum Gasteiger partial charge on any atom is -0.493 e. The van der Waals surface area contributed by atoms with Crippen molar-refractivity contribution in [2.45, 2.75) is 26.7 Å². The number of nitro groups is 1. The van der Waals surface area contributed by atoms with Crippen LogP contribution in [0, 0.1) is 29.9 Å². The molecule has 9 heteroatoms. The fraction of sp³-hybridized carbons (Fsp3) is 0.417. The van der Waals surface area contributed by atoms with E-state index in [4.69, 9.17) is 14.2 Å². The Balaban J connectivity index is 1.84. The van der Waals surface area contributed by atoms with Crippen molar-refractivity contribution < 1.29 is 28.7 Å². The number of benzene rings is 2. The standard InChI is InChI=1S/C24H28N2O7/c1-14-6-7-17(15(2)12-14)21(27)16-8-10-25(11-9-16)24(28)18-13-19(31-3)22(32-4)23(33-5)20(18)26(29)30/h6-7,12-13,16H,8-11H2,1-5H3. The highest BCUT2D eigenvalue weighted by molar-refractivity contribution is 6.01. The summed E-state index contributed by atoms with van der Waals surface area (Å²) in [5, 5.41) is 11.8. The molecule has 0 unspecified atom stereocenters. The summed E-state index contributed by atoms with van der Waals surface area (Å²) >= 11 is 0. The molecular weight excluding hydrogens is 428 g/mol. The van der Waals surface area contributed by atoms with Crippen molar-refractivity contribution in [1.29, 1.82) is 0 Å². The largest absolute Gasteiger partial charge is 0.493 e. The lowest BCUT2D eigenvalue weighted by Crippen LogP contribution is -2.40. The van der Waals surface area contributed by atoms with Gasteiger partial charge in [-0.2, -0.15) is 0 Å². The number of nitro benzene ring substituents is 1. The molecule has 3 rings (SSSR count). The summed E-state index contributed by atoms with van der Waals surface area (Å²) in [4.78, 5) is 39.0. The summed E-state index contributed by atoms with van der Waals surface area (Å²) in [7, 11) is 3.98. The first kappa shape index (κ1) is 24.0. The Morgan fingerprint density at radius 2 is 1.61 bits per heavy atom. The Hall–Kier alpha value is -3.62. The number of ether oxygens (including phenoxy) is 3. The van der Waals surface area contributed by atoms with Gasteiger partial charge in [0.2, 0.25) is 11.5 Å². The second-order valence-electron chi connectivity index (χ2n) is 8.05. The number of carbonyl (C=O) groups excluding carboxylic acids is 2. The normalized spacial score (nSPS) is 14.0. The van der Waals surface area contributed by atoms with E-state index in [0.717, 1.165) is 11.1 Å². The maximum absolute atomic E-state index is 13.3. The summed E-state index contributed by atoms with van der Waals surface area (Å²) in [5.41, 5.74) is 2.11. The first-order valence-electron chi connectivity index (χ1n) is 10.6. The molecule has 0 N–H and O–H groups in total. The minimum atomic E-state index is -0.662. The summed E-state index contributed by atoms with van der Waals surface area (Å²) in [6.07, 6.45) is 0.965. The first-order valence-corrected chi connectivity index (χ1v) is 10.6. The van der Waals surface area contributed by atoms with Crippen molar-refractivity contribution in [3.63, 3.8) is 0 Å². The van der Waals surface area contributed by atoms with Gasteiger partial charge in [-0.25, -0.2) is 0 Å². The second kappa shape index (κ2) is 9.89. The third-order valence-electron chi connectivity index (χ3n) is 6.02. The molecule has 1 fully saturated rings. The van der Waals surface area contributed by atoms with E-state index < -0.39 is 16.5 Å². The zero-order valence-corrected chi connectivity index (χ0v) is 19.5. The van der Waals surface area contributed by atoms with Crippen molar-refractivity contribution in [2.24, 2.45) is 5.92 Å². The maximum atomic E-state index is 13.3. The van der Waals surface area contributed by atoms with Gasteiger partial charge in [0.1, 0.15) is 5.56 Å². The molecule has 0 aliphatic carbocycles. The molecule has 0 spiro atoms. The highest BCUT2D eigenvalue weighted by Gasteiger charge is 2.36. The lowest BCUT2D eigenvalue weighted by molar-refractivity contribution is -0.386. The van der Waals surface area contributed by atoms with Crippen molar-refractivity contribution in [2.75, 3.05) is 34.4 Å². The molecule has 0 bridgehead atoms. The van der Waals surface area contributed by atoms with Crippen LogP contribution in [-0.2, 0) is 0 Å².